The molecule has 1 heterocycles. The maximum Gasteiger partial charge on any atom is 0.317 e. The molecule has 9 heteroatoms. The van der Waals surface area contributed by atoms with Gasteiger partial charge in [-0.15, -0.1) is 0 Å². The SMILES string of the molecule is CCOC(C)CNC(=O)N1CCS(=O)(=O)CC1CC(=O)O. The van der Waals surface area contributed by atoms with Crippen molar-refractivity contribution in [1.29, 1.82) is 0 Å². The topological polar surface area (TPSA) is 113 Å². The van der Waals surface area contributed by atoms with Gasteiger partial charge in [0.05, 0.1) is 30.1 Å². The van der Waals surface area contributed by atoms with Gasteiger partial charge in [0.25, 0.3) is 0 Å². The summed E-state index contributed by atoms with van der Waals surface area (Å²) in [6.45, 7) is 4.47. The number of carbonyl (C=O) groups excluding carboxylic acids is 1. The van der Waals surface area contributed by atoms with E-state index in [0.29, 0.717) is 6.61 Å². The molecular weight excluding hydrogens is 300 g/mol. The second-order valence-electron chi connectivity index (χ2n) is 5.01. The van der Waals surface area contributed by atoms with Crippen molar-refractivity contribution >= 4 is 21.8 Å². The van der Waals surface area contributed by atoms with E-state index in [9.17, 15) is 18.0 Å². The van der Waals surface area contributed by atoms with Crippen LogP contribution in [0, 0.1) is 0 Å². The van der Waals surface area contributed by atoms with Gasteiger partial charge < -0.3 is 20.1 Å². The zero-order valence-electron chi connectivity index (χ0n) is 12.2. The van der Waals surface area contributed by atoms with Gasteiger partial charge in [-0.25, -0.2) is 13.2 Å². The van der Waals surface area contributed by atoms with E-state index in [0.717, 1.165) is 0 Å². The average Bonchev–Trinajstić information content (AvgIpc) is 2.34. The van der Waals surface area contributed by atoms with Crippen LogP contribution in [-0.4, -0.2) is 73.8 Å². The number of carbonyl (C=O) groups is 2. The van der Waals surface area contributed by atoms with Crippen molar-refractivity contribution < 1.29 is 27.9 Å². The van der Waals surface area contributed by atoms with Gasteiger partial charge >= 0.3 is 12.0 Å². The Balaban J connectivity index is 2.64. The van der Waals surface area contributed by atoms with Crippen LogP contribution < -0.4 is 5.32 Å². The van der Waals surface area contributed by atoms with Crippen LogP contribution in [0.5, 0.6) is 0 Å². The summed E-state index contributed by atoms with van der Waals surface area (Å²) in [5.41, 5.74) is 0. The summed E-state index contributed by atoms with van der Waals surface area (Å²) >= 11 is 0. The molecular formula is C12H22N2O6S. The van der Waals surface area contributed by atoms with Crippen molar-refractivity contribution in [2.75, 3.05) is 31.2 Å². The van der Waals surface area contributed by atoms with Crippen molar-refractivity contribution in [1.82, 2.24) is 10.2 Å². The Bertz CT molecular complexity index is 478. The first-order chi connectivity index (χ1) is 9.75. The van der Waals surface area contributed by atoms with Gasteiger partial charge in [-0.2, -0.15) is 0 Å². The largest absolute Gasteiger partial charge is 0.481 e. The molecule has 2 N–H and O–H groups in total. The molecule has 2 atom stereocenters. The van der Waals surface area contributed by atoms with E-state index in [2.05, 4.69) is 5.32 Å². The van der Waals surface area contributed by atoms with E-state index >= 15 is 0 Å². The minimum absolute atomic E-state index is 0.00906. The number of hydrogen-bond donors (Lipinski definition) is 2. The van der Waals surface area contributed by atoms with Gasteiger partial charge in [0.1, 0.15) is 0 Å². The third kappa shape index (κ3) is 5.88. The number of urea groups is 1. The minimum atomic E-state index is -3.29. The molecule has 2 amide bonds. The Morgan fingerprint density at radius 1 is 1.48 bits per heavy atom. The number of ether oxygens (including phenoxy) is 1. The number of nitrogens with zero attached hydrogens (tertiary/aromatic N) is 1. The number of sulfone groups is 1. The highest BCUT2D eigenvalue weighted by Crippen LogP contribution is 2.15. The van der Waals surface area contributed by atoms with Gasteiger partial charge in [0, 0.05) is 19.7 Å². The molecule has 21 heavy (non-hydrogen) atoms. The summed E-state index contributed by atoms with van der Waals surface area (Å²) in [6, 6.07) is -1.29. The second-order valence-corrected chi connectivity index (χ2v) is 7.24. The van der Waals surface area contributed by atoms with Gasteiger partial charge in [-0.05, 0) is 13.8 Å². The summed E-state index contributed by atoms with van der Waals surface area (Å²) < 4.78 is 28.5. The molecule has 1 aliphatic heterocycles. The standard InChI is InChI=1S/C12H22N2O6S/c1-3-20-9(2)7-13-12(17)14-4-5-21(18,19)8-10(14)6-11(15)16/h9-10H,3-8H2,1-2H3,(H,13,17)(H,15,16). The van der Waals surface area contributed by atoms with Crippen molar-refractivity contribution in [3.05, 3.63) is 0 Å². The van der Waals surface area contributed by atoms with Crippen LogP contribution in [-0.2, 0) is 19.4 Å². The molecule has 0 radical (unpaired) electrons. The number of carboxylic acids is 1. The summed E-state index contributed by atoms with van der Waals surface area (Å²) in [4.78, 5) is 24.2. The van der Waals surface area contributed by atoms with E-state index in [1.165, 1.54) is 4.90 Å². The zero-order chi connectivity index (χ0) is 16.0. The number of amides is 2. The zero-order valence-corrected chi connectivity index (χ0v) is 13.1. The molecule has 0 aliphatic carbocycles. The summed E-state index contributed by atoms with van der Waals surface area (Å²) in [7, 11) is -3.29. The maximum absolute atomic E-state index is 12.1. The van der Waals surface area contributed by atoms with E-state index in [1.54, 1.807) is 6.92 Å². The van der Waals surface area contributed by atoms with Crippen molar-refractivity contribution in [3.8, 4) is 0 Å². The Hall–Kier alpha value is -1.35. The smallest absolute Gasteiger partial charge is 0.317 e. The Labute approximate surface area is 124 Å². The number of nitrogens with one attached hydrogen (secondary N) is 1. The molecule has 0 spiro atoms. The number of rotatable bonds is 6. The third-order valence-electron chi connectivity index (χ3n) is 3.19. The highest BCUT2D eigenvalue weighted by atomic mass is 32.2. The van der Waals surface area contributed by atoms with E-state index in [1.807, 2.05) is 6.92 Å². The molecule has 1 saturated heterocycles. The van der Waals surface area contributed by atoms with Gasteiger partial charge in [0.2, 0.25) is 0 Å². The van der Waals surface area contributed by atoms with Crippen LogP contribution in [0.25, 0.3) is 0 Å². The van der Waals surface area contributed by atoms with Gasteiger partial charge in [-0.3, -0.25) is 4.79 Å². The fourth-order valence-electron chi connectivity index (χ4n) is 2.20. The highest BCUT2D eigenvalue weighted by Gasteiger charge is 2.35. The van der Waals surface area contributed by atoms with Crippen molar-refractivity contribution in [2.45, 2.75) is 32.4 Å². The normalized spacial score (nSPS) is 22.6. The first-order valence-electron chi connectivity index (χ1n) is 6.83. The lowest BCUT2D eigenvalue weighted by atomic mass is 10.2. The van der Waals surface area contributed by atoms with Gasteiger partial charge in [0.15, 0.2) is 9.84 Å². The fraction of sp³-hybridized carbons (Fsp3) is 0.833. The predicted molar refractivity (Wildman–Crippen MR) is 75.9 cm³/mol. The molecule has 0 aromatic rings. The van der Waals surface area contributed by atoms with E-state index < -0.39 is 27.9 Å². The lowest BCUT2D eigenvalue weighted by Gasteiger charge is -2.34. The highest BCUT2D eigenvalue weighted by molar-refractivity contribution is 7.91. The number of carboxylic acid groups (broad SMARTS) is 1. The van der Waals surface area contributed by atoms with Crippen LogP contribution in [0.1, 0.15) is 20.3 Å². The lowest BCUT2D eigenvalue weighted by molar-refractivity contribution is -0.138. The first kappa shape index (κ1) is 17.7. The van der Waals surface area contributed by atoms with Crippen LogP contribution in [0.3, 0.4) is 0 Å². The predicted octanol–water partition coefficient (Wildman–Crippen LogP) is -0.305. The summed E-state index contributed by atoms with van der Waals surface area (Å²) in [5.74, 6) is -1.58. The Kier molecular flexibility index (Phi) is 6.41. The van der Waals surface area contributed by atoms with Crippen molar-refractivity contribution in [3.63, 3.8) is 0 Å². The Morgan fingerprint density at radius 3 is 2.71 bits per heavy atom. The first-order valence-corrected chi connectivity index (χ1v) is 8.65. The fourth-order valence-corrected chi connectivity index (χ4v) is 3.73. The van der Waals surface area contributed by atoms with Crippen LogP contribution in [0.15, 0.2) is 0 Å². The summed E-state index contributed by atoms with van der Waals surface area (Å²) in [5, 5.41) is 11.5. The molecule has 1 rings (SSSR count). The van der Waals surface area contributed by atoms with Gasteiger partial charge in [-0.1, -0.05) is 0 Å². The molecule has 0 aromatic carbocycles. The molecule has 0 saturated carbocycles. The molecule has 2 unspecified atom stereocenters. The maximum atomic E-state index is 12.1. The third-order valence-corrected chi connectivity index (χ3v) is 4.89. The van der Waals surface area contributed by atoms with E-state index in [4.69, 9.17) is 9.84 Å². The van der Waals surface area contributed by atoms with Crippen LogP contribution in [0.2, 0.25) is 0 Å². The summed E-state index contributed by atoms with van der Waals surface area (Å²) in [6.07, 6.45) is -0.543. The number of hydrogen-bond acceptors (Lipinski definition) is 5. The molecule has 0 bridgehead atoms. The van der Waals surface area contributed by atoms with Crippen molar-refractivity contribution in [2.24, 2.45) is 0 Å². The molecule has 1 aliphatic rings. The molecule has 8 nitrogen and oxygen atoms in total. The quantitative estimate of drug-likeness (QED) is 0.694. The molecule has 122 valence electrons. The lowest BCUT2D eigenvalue weighted by Crippen LogP contribution is -2.55. The van der Waals surface area contributed by atoms with E-state index in [-0.39, 0.29) is 37.1 Å². The minimum Gasteiger partial charge on any atom is -0.481 e. The Morgan fingerprint density at radius 2 is 2.14 bits per heavy atom. The monoisotopic (exact) mass is 322 g/mol. The average molecular weight is 322 g/mol. The number of aliphatic carboxylic acids is 1. The second kappa shape index (κ2) is 7.60. The molecule has 0 aromatic heterocycles. The van der Waals surface area contributed by atoms with Crippen LogP contribution in [0.4, 0.5) is 4.79 Å². The molecule has 1 fully saturated rings. The van der Waals surface area contributed by atoms with Crippen LogP contribution >= 0.6 is 0 Å².